The van der Waals surface area contributed by atoms with E-state index in [-0.39, 0.29) is 11.7 Å². The number of hydrazone groups is 1. The Morgan fingerprint density at radius 2 is 1.97 bits per heavy atom. The number of benzene rings is 2. The summed E-state index contributed by atoms with van der Waals surface area (Å²) in [4.78, 5) is 12.2. The van der Waals surface area contributed by atoms with Gasteiger partial charge in [0.2, 0.25) is 0 Å². The molecule has 3 aromatic rings. The molecule has 0 saturated carbocycles. The molecule has 0 spiro atoms. The van der Waals surface area contributed by atoms with Crippen LogP contribution < -0.4 is 20.2 Å². The van der Waals surface area contributed by atoms with Gasteiger partial charge in [0.15, 0.2) is 11.0 Å². The van der Waals surface area contributed by atoms with Crippen LogP contribution in [0.4, 0.5) is 5.69 Å². The van der Waals surface area contributed by atoms with Crippen molar-refractivity contribution >= 4 is 52.2 Å². The zero-order valence-electron chi connectivity index (χ0n) is 18.5. The van der Waals surface area contributed by atoms with Gasteiger partial charge in [0.05, 0.1) is 32.7 Å². The Labute approximate surface area is 210 Å². The number of aromatic nitrogens is 3. The first-order chi connectivity index (χ1) is 16.0. The largest absolute Gasteiger partial charge is 0.497 e. The van der Waals surface area contributed by atoms with E-state index < -0.39 is 0 Å². The van der Waals surface area contributed by atoms with Crippen LogP contribution in [0.3, 0.4) is 0 Å². The molecule has 0 aliphatic rings. The summed E-state index contributed by atoms with van der Waals surface area (Å²) in [5, 5.41) is 16.6. The summed E-state index contributed by atoms with van der Waals surface area (Å²) in [6, 6.07) is 13.5. The molecule has 0 unspecified atom stereocenters. The zero-order valence-corrected chi connectivity index (χ0v) is 21.5. The monoisotopic (exact) mass is 580 g/mol. The number of hydrogen-bond acceptors (Lipinski definition) is 8. The Kier molecular flexibility index (Phi) is 9.36. The van der Waals surface area contributed by atoms with Gasteiger partial charge in [0, 0.05) is 27.4 Å². The molecule has 174 valence electrons. The van der Waals surface area contributed by atoms with Crippen molar-refractivity contribution in [2.45, 2.75) is 25.2 Å². The molecule has 2 aromatic carbocycles. The van der Waals surface area contributed by atoms with Crippen LogP contribution in [0.5, 0.6) is 11.5 Å². The molecule has 1 aromatic heterocycles. The van der Waals surface area contributed by atoms with Crippen LogP contribution in [0.25, 0.3) is 0 Å². The van der Waals surface area contributed by atoms with Crippen LogP contribution in [-0.4, -0.2) is 46.9 Å². The van der Waals surface area contributed by atoms with E-state index in [1.807, 2.05) is 35.8 Å². The molecule has 0 aliphatic carbocycles. The van der Waals surface area contributed by atoms with Crippen molar-refractivity contribution in [3.05, 3.63) is 57.4 Å². The summed E-state index contributed by atoms with van der Waals surface area (Å²) < 4.78 is 13.7. The number of amides is 1. The summed E-state index contributed by atoms with van der Waals surface area (Å²) >= 11 is 3.59. The zero-order chi connectivity index (χ0) is 23.6. The van der Waals surface area contributed by atoms with Crippen molar-refractivity contribution in [3.8, 4) is 11.5 Å². The van der Waals surface area contributed by atoms with Crippen LogP contribution in [-0.2, 0) is 17.9 Å². The number of hydrogen-bond donors (Lipinski definition) is 2. The smallest absolute Gasteiger partial charge is 0.250 e. The molecule has 1 amide bonds. The Balaban J connectivity index is 1.52. The lowest BCUT2D eigenvalue weighted by atomic mass is 10.2. The number of anilines is 1. The highest BCUT2D eigenvalue weighted by Gasteiger charge is 2.13. The number of carbonyl (C=O) groups is 1. The quantitative estimate of drug-likeness (QED) is 0.154. The standard InChI is InChI=1S/C22H25IN6O3S/c1-4-29-20(13-24-17-8-6-16(23)7-9-17)26-28-22(29)33-14-21(30)27-25-12-15-5-10-18(31-2)11-19(15)32-3/h5-12,24H,4,13-14H2,1-3H3,(H,27,30)/b25-12+. The van der Waals surface area contributed by atoms with Crippen molar-refractivity contribution in [1.82, 2.24) is 20.2 Å². The molecule has 0 atom stereocenters. The minimum Gasteiger partial charge on any atom is -0.497 e. The van der Waals surface area contributed by atoms with Crippen LogP contribution in [0, 0.1) is 3.57 Å². The molecule has 2 N–H and O–H groups in total. The van der Waals surface area contributed by atoms with E-state index >= 15 is 0 Å². The normalized spacial score (nSPS) is 10.9. The summed E-state index contributed by atoms with van der Waals surface area (Å²) in [6.07, 6.45) is 1.53. The topological polar surface area (TPSA) is 103 Å². The minimum absolute atomic E-state index is 0.166. The third-order valence-corrected chi connectivity index (χ3v) is 6.26. The average molecular weight is 580 g/mol. The predicted molar refractivity (Wildman–Crippen MR) is 138 cm³/mol. The maximum Gasteiger partial charge on any atom is 0.250 e. The molecule has 0 radical (unpaired) electrons. The second kappa shape index (κ2) is 12.4. The van der Waals surface area contributed by atoms with E-state index in [2.05, 4.69) is 48.6 Å². The first-order valence-corrected chi connectivity index (χ1v) is 12.2. The SMILES string of the molecule is CCn1c(CNc2ccc(I)cc2)nnc1SCC(=O)N/N=C/c1ccc(OC)cc1OC. The minimum atomic E-state index is -0.243. The third kappa shape index (κ3) is 7.09. The van der Waals surface area contributed by atoms with Gasteiger partial charge in [-0.2, -0.15) is 5.10 Å². The van der Waals surface area contributed by atoms with E-state index in [9.17, 15) is 4.79 Å². The van der Waals surface area contributed by atoms with Crippen molar-refractivity contribution < 1.29 is 14.3 Å². The Morgan fingerprint density at radius 1 is 1.18 bits per heavy atom. The van der Waals surface area contributed by atoms with Gasteiger partial charge in [-0.25, -0.2) is 5.43 Å². The predicted octanol–water partition coefficient (Wildman–Crippen LogP) is 3.77. The number of nitrogens with zero attached hydrogens (tertiary/aromatic N) is 4. The lowest BCUT2D eigenvalue weighted by molar-refractivity contribution is -0.118. The highest BCUT2D eigenvalue weighted by molar-refractivity contribution is 14.1. The van der Waals surface area contributed by atoms with Crippen molar-refractivity contribution in [2.75, 3.05) is 25.3 Å². The maximum absolute atomic E-state index is 12.2. The molecular formula is C22H25IN6O3S. The van der Waals surface area contributed by atoms with Gasteiger partial charge in [-0.15, -0.1) is 10.2 Å². The van der Waals surface area contributed by atoms with Gasteiger partial charge in [0.25, 0.3) is 5.91 Å². The number of rotatable bonds is 11. The molecule has 0 saturated heterocycles. The van der Waals surface area contributed by atoms with Crippen molar-refractivity contribution in [1.29, 1.82) is 0 Å². The van der Waals surface area contributed by atoms with Crippen LogP contribution >= 0.6 is 34.4 Å². The van der Waals surface area contributed by atoms with Crippen LogP contribution in [0.1, 0.15) is 18.3 Å². The highest BCUT2D eigenvalue weighted by atomic mass is 127. The molecule has 3 rings (SSSR count). The van der Waals surface area contributed by atoms with Gasteiger partial charge in [-0.05, 0) is 65.9 Å². The van der Waals surface area contributed by atoms with E-state index in [4.69, 9.17) is 9.47 Å². The molecule has 9 nitrogen and oxygen atoms in total. The van der Waals surface area contributed by atoms with Gasteiger partial charge in [0.1, 0.15) is 11.5 Å². The number of methoxy groups -OCH3 is 2. The van der Waals surface area contributed by atoms with Crippen LogP contribution in [0.15, 0.2) is 52.7 Å². The first kappa shape index (κ1) is 24.8. The molecule has 0 bridgehead atoms. The van der Waals surface area contributed by atoms with Gasteiger partial charge in [-0.3, -0.25) is 4.79 Å². The van der Waals surface area contributed by atoms with Gasteiger partial charge < -0.3 is 19.4 Å². The molecule has 33 heavy (non-hydrogen) atoms. The van der Waals surface area contributed by atoms with E-state index in [1.165, 1.54) is 21.5 Å². The van der Waals surface area contributed by atoms with Crippen molar-refractivity contribution in [2.24, 2.45) is 5.10 Å². The number of carbonyl (C=O) groups excluding carboxylic acids is 1. The molecule has 11 heteroatoms. The Bertz CT molecular complexity index is 1100. The number of nitrogens with one attached hydrogen (secondary N) is 2. The second-order valence-corrected chi connectivity index (χ2v) is 8.88. The fourth-order valence-electron chi connectivity index (χ4n) is 2.88. The number of halogens is 1. The van der Waals surface area contributed by atoms with Crippen molar-refractivity contribution in [3.63, 3.8) is 0 Å². The van der Waals surface area contributed by atoms with Gasteiger partial charge in [-0.1, -0.05) is 11.8 Å². The van der Waals surface area contributed by atoms with Gasteiger partial charge >= 0.3 is 0 Å². The summed E-state index contributed by atoms with van der Waals surface area (Å²) in [7, 11) is 3.15. The molecule has 0 fully saturated rings. The highest BCUT2D eigenvalue weighted by Crippen LogP contribution is 2.23. The summed E-state index contributed by atoms with van der Waals surface area (Å²) in [5.41, 5.74) is 4.27. The van der Waals surface area contributed by atoms with E-state index in [0.717, 1.165) is 17.1 Å². The maximum atomic E-state index is 12.2. The average Bonchev–Trinajstić information content (AvgIpc) is 3.24. The van der Waals surface area contributed by atoms with E-state index in [1.54, 1.807) is 32.4 Å². The summed E-state index contributed by atoms with van der Waals surface area (Å²) in [6.45, 7) is 3.27. The first-order valence-electron chi connectivity index (χ1n) is 10.1. The van der Waals surface area contributed by atoms with Crippen LogP contribution in [0.2, 0.25) is 0 Å². The fourth-order valence-corrected chi connectivity index (χ4v) is 4.06. The summed E-state index contributed by atoms with van der Waals surface area (Å²) in [5.74, 6) is 2.01. The fraction of sp³-hybridized carbons (Fsp3) is 0.273. The lowest BCUT2D eigenvalue weighted by Gasteiger charge is -2.09. The Morgan fingerprint density at radius 3 is 2.67 bits per heavy atom. The molecular weight excluding hydrogens is 555 g/mol. The van der Waals surface area contributed by atoms with E-state index in [0.29, 0.717) is 29.7 Å². The molecule has 0 aliphatic heterocycles. The lowest BCUT2D eigenvalue weighted by Crippen LogP contribution is -2.20. The Hall–Kier alpha value is -2.80. The number of thioether (sulfide) groups is 1. The number of ether oxygens (including phenoxy) is 2. The third-order valence-electron chi connectivity index (χ3n) is 4.57. The molecule has 1 heterocycles. The second-order valence-electron chi connectivity index (χ2n) is 6.69.